The number of nitrogens with two attached hydrogens (primary N) is 1. The van der Waals surface area contributed by atoms with Gasteiger partial charge in [-0.2, -0.15) is 11.8 Å². The predicted molar refractivity (Wildman–Crippen MR) is 69.4 cm³/mol. The second-order valence-electron chi connectivity index (χ2n) is 3.15. The lowest BCUT2D eigenvalue weighted by atomic mass is 10.4. The summed E-state index contributed by atoms with van der Waals surface area (Å²) < 4.78 is 0. The molecule has 3 N–H and O–H groups in total. The monoisotopic (exact) mass is 242 g/mol. The van der Waals surface area contributed by atoms with Crippen LogP contribution in [-0.2, 0) is 0 Å². The molecule has 0 saturated carbocycles. The molecule has 0 saturated heterocycles. The highest BCUT2D eigenvalue weighted by Gasteiger charge is 2.03. The molecular formula is C9H14N4S2. The Labute approximate surface area is 99.1 Å². The van der Waals surface area contributed by atoms with Gasteiger partial charge >= 0.3 is 0 Å². The van der Waals surface area contributed by atoms with E-state index in [0.29, 0.717) is 11.7 Å². The molecule has 0 aliphatic rings. The summed E-state index contributed by atoms with van der Waals surface area (Å²) in [5, 5.41) is 3.23. The van der Waals surface area contributed by atoms with Gasteiger partial charge in [-0.05, 0) is 13.2 Å². The van der Waals surface area contributed by atoms with E-state index >= 15 is 0 Å². The van der Waals surface area contributed by atoms with Gasteiger partial charge in [-0.25, -0.2) is 9.97 Å². The Morgan fingerprint density at radius 2 is 2.33 bits per heavy atom. The van der Waals surface area contributed by atoms with Crippen LogP contribution in [0, 0.1) is 0 Å². The van der Waals surface area contributed by atoms with E-state index in [4.69, 9.17) is 18.0 Å². The van der Waals surface area contributed by atoms with Crippen molar-refractivity contribution in [3.63, 3.8) is 0 Å². The van der Waals surface area contributed by atoms with E-state index < -0.39 is 0 Å². The molecule has 1 aromatic rings. The zero-order valence-corrected chi connectivity index (χ0v) is 10.4. The number of aromatic nitrogens is 2. The first kappa shape index (κ1) is 12.2. The van der Waals surface area contributed by atoms with Gasteiger partial charge in [-0.3, -0.25) is 0 Å². The molecular weight excluding hydrogens is 228 g/mol. The third kappa shape index (κ3) is 4.01. The van der Waals surface area contributed by atoms with Crippen molar-refractivity contribution in [3.8, 4) is 0 Å². The second kappa shape index (κ2) is 5.87. The van der Waals surface area contributed by atoms with Gasteiger partial charge in [0.1, 0.15) is 16.5 Å². The van der Waals surface area contributed by atoms with Gasteiger partial charge in [-0.1, -0.05) is 12.2 Å². The molecule has 4 nitrogen and oxygen atoms in total. The number of anilines is 1. The Balaban J connectivity index is 2.60. The highest BCUT2D eigenvalue weighted by Crippen LogP contribution is 2.06. The van der Waals surface area contributed by atoms with E-state index in [2.05, 4.69) is 28.5 Å². The van der Waals surface area contributed by atoms with Gasteiger partial charge in [-0.15, -0.1) is 0 Å². The lowest BCUT2D eigenvalue weighted by Crippen LogP contribution is -2.19. The molecule has 1 rings (SSSR count). The first-order chi connectivity index (χ1) is 7.13. The minimum Gasteiger partial charge on any atom is -0.388 e. The van der Waals surface area contributed by atoms with Gasteiger partial charge in [0.25, 0.3) is 0 Å². The lowest BCUT2D eigenvalue weighted by Gasteiger charge is -2.12. The fraction of sp³-hybridized carbons (Fsp3) is 0.444. The number of hydrogen-bond acceptors (Lipinski definition) is 5. The molecule has 0 aliphatic heterocycles. The molecule has 0 radical (unpaired) electrons. The summed E-state index contributed by atoms with van der Waals surface area (Å²) in [5.41, 5.74) is 5.97. The molecule has 1 heterocycles. The van der Waals surface area contributed by atoms with E-state index in [1.807, 2.05) is 0 Å². The summed E-state index contributed by atoms with van der Waals surface area (Å²) in [6.07, 6.45) is 5.29. The SMILES string of the molecule is CSCC(C)Nc1cnc(C(N)=S)cn1. The summed E-state index contributed by atoms with van der Waals surface area (Å²) in [6.45, 7) is 2.10. The largest absolute Gasteiger partial charge is 0.388 e. The van der Waals surface area contributed by atoms with Crippen LogP contribution in [0.4, 0.5) is 5.82 Å². The summed E-state index contributed by atoms with van der Waals surface area (Å²) in [6, 6.07) is 0.366. The van der Waals surface area contributed by atoms with Crippen molar-refractivity contribution in [1.29, 1.82) is 0 Å². The predicted octanol–water partition coefficient (Wildman–Crippen LogP) is 1.27. The average molecular weight is 242 g/mol. The summed E-state index contributed by atoms with van der Waals surface area (Å²) in [4.78, 5) is 8.53. The Bertz CT molecular complexity index is 325. The smallest absolute Gasteiger partial charge is 0.144 e. The molecule has 15 heavy (non-hydrogen) atoms. The van der Waals surface area contributed by atoms with Crippen LogP contribution in [0.1, 0.15) is 12.6 Å². The lowest BCUT2D eigenvalue weighted by molar-refractivity contribution is 0.899. The summed E-state index contributed by atoms with van der Waals surface area (Å²) >= 11 is 6.57. The van der Waals surface area contributed by atoms with Crippen LogP contribution in [0.3, 0.4) is 0 Å². The summed E-state index contributed by atoms with van der Waals surface area (Å²) in [5.74, 6) is 1.77. The Hall–Kier alpha value is -0.880. The van der Waals surface area contributed by atoms with Gasteiger partial charge in [0.2, 0.25) is 0 Å². The normalized spacial score (nSPS) is 12.1. The minimum absolute atomic E-state index is 0.270. The van der Waals surface area contributed by atoms with Crippen LogP contribution in [0.15, 0.2) is 12.4 Å². The first-order valence-corrected chi connectivity index (χ1v) is 6.31. The maximum absolute atomic E-state index is 5.42. The molecule has 0 aromatic carbocycles. The number of thiocarbonyl (C=S) groups is 1. The van der Waals surface area contributed by atoms with Gasteiger partial charge in [0.05, 0.1) is 12.4 Å². The third-order valence-electron chi connectivity index (χ3n) is 1.72. The Morgan fingerprint density at radius 3 is 2.80 bits per heavy atom. The van der Waals surface area contributed by atoms with Crippen LogP contribution >= 0.6 is 24.0 Å². The number of hydrogen-bond donors (Lipinski definition) is 2. The molecule has 1 aromatic heterocycles. The molecule has 0 amide bonds. The zero-order chi connectivity index (χ0) is 11.3. The topological polar surface area (TPSA) is 63.8 Å². The maximum Gasteiger partial charge on any atom is 0.144 e. The van der Waals surface area contributed by atoms with Crippen molar-refractivity contribution in [2.75, 3.05) is 17.3 Å². The molecule has 1 atom stereocenters. The minimum atomic E-state index is 0.270. The molecule has 0 fully saturated rings. The number of thioether (sulfide) groups is 1. The van der Waals surface area contributed by atoms with Crippen LogP contribution < -0.4 is 11.1 Å². The quantitative estimate of drug-likeness (QED) is 0.758. The van der Waals surface area contributed by atoms with Crippen LogP contribution in [0.25, 0.3) is 0 Å². The highest BCUT2D eigenvalue weighted by atomic mass is 32.2. The molecule has 0 spiro atoms. The van der Waals surface area contributed by atoms with E-state index in [0.717, 1.165) is 11.6 Å². The number of nitrogens with one attached hydrogen (secondary N) is 1. The van der Waals surface area contributed by atoms with Crippen LogP contribution in [0.5, 0.6) is 0 Å². The summed E-state index contributed by atoms with van der Waals surface area (Å²) in [7, 11) is 0. The Morgan fingerprint density at radius 1 is 1.60 bits per heavy atom. The molecule has 1 unspecified atom stereocenters. The molecule has 6 heteroatoms. The zero-order valence-electron chi connectivity index (χ0n) is 8.73. The van der Waals surface area contributed by atoms with Crippen molar-refractivity contribution >= 4 is 34.8 Å². The standard InChI is InChI=1S/C9H14N4S2/c1-6(5-15-2)13-8-4-11-7(3-12-8)9(10)14/h3-4,6H,5H2,1-2H3,(H2,10,14)(H,12,13). The fourth-order valence-corrected chi connectivity index (χ4v) is 1.76. The van der Waals surface area contributed by atoms with Crippen molar-refractivity contribution in [3.05, 3.63) is 18.1 Å². The number of rotatable bonds is 5. The molecule has 0 aliphatic carbocycles. The van der Waals surface area contributed by atoms with E-state index in [9.17, 15) is 0 Å². The van der Waals surface area contributed by atoms with Gasteiger partial charge in [0.15, 0.2) is 0 Å². The number of nitrogens with zero attached hydrogens (tertiary/aromatic N) is 2. The molecule has 0 bridgehead atoms. The van der Waals surface area contributed by atoms with E-state index in [1.165, 1.54) is 0 Å². The van der Waals surface area contributed by atoms with Crippen molar-refractivity contribution in [1.82, 2.24) is 9.97 Å². The highest BCUT2D eigenvalue weighted by molar-refractivity contribution is 7.98. The maximum atomic E-state index is 5.42. The van der Waals surface area contributed by atoms with Gasteiger partial charge in [0, 0.05) is 11.8 Å². The third-order valence-corrected chi connectivity index (χ3v) is 2.76. The fourth-order valence-electron chi connectivity index (χ4n) is 1.07. The van der Waals surface area contributed by atoms with Crippen LogP contribution in [0.2, 0.25) is 0 Å². The molecule has 82 valence electrons. The van der Waals surface area contributed by atoms with E-state index in [-0.39, 0.29) is 4.99 Å². The first-order valence-electron chi connectivity index (χ1n) is 4.50. The van der Waals surface area contributed by atoms with Crippen molar-refractivity contribution in [2.24, 2.45) is 5.73 Å². The second-order valence-corrected chi connectivity index (χ2v) is 4.50. The van der Waals surface area contributed by atoms with Gasteiger partial charge < -0.3 is 11.1 Å². The van der Waals surface area contributed by atoms with Crippen LogP contribution in [-0.4, -0.2) is 33.0 Å². The average Bonchev–Trinajstić information content (AvgIpc) is 2.18. The van der Waals surface area contributed by atoms with Crippen molar-refractivity contribution < 1.29 is 0 Å². The van der Waals surface area contributed by atoms with E-state index in [1.54, 1.807) is 24.2 Å². The van der Waals surface area contributed by atoms with Crippen molar-refractivity contribution in [2.45, 2.75) is 13.0 Å². The Kier molecular flexibility index (Phi) is 4.77.